The Kier molecular flexibility index (Phi) is 6.51. The van der Waals surface area contributed by atoms with Gasteiger partial charge in [0.25, 0.3) is 0 Å². The van der Waals surface area contributed by atoms with E-state index in [1.807, 2.05) is 6.07 Å². The van der Waals surface area contributed by atoms with E-state index in [-0.39, 0.29) is 11.5 Å². The molecule has 0 aliphatic carbocycles. The topological polar surface area (TPSA) is 45.0 Å². The molecule has 1 aromatic carbocycles. The molecule has 110 valence electrons. The number of halogens is 1. The molecular weight excluding hydrogens is 316 g/mol. The Bertz CT molecular complexity index is 480. The highest BCUT2D eigenvalue weighted by atomic mass is 79.9. The smallest absolute Gasteiger partial charge is 0.133 e. The van der Waals surface area contributed by atoms with Crippen LogP contribution in [0.15, 0.2) is 22.7 Å². The summed E-state index contributed by atoms with van der Waals surface area (Å²) in [6.07, 6.45) is 1.52. The maximum Gasteiger partial charge on any atom is 0.133 e. The average molecular weight is 339 g/mol. The maximum absolute atomic E-state index is 8.68. The summed E-state index contributed by atoms with van der Waals surface area (Å²) in [7, 11) is 1.67. The summed E-state index contributed by atoms with van der Waals surface area (Å²) in [6, 6.07) is 8.60. The van der Waals surface area contributed by atoms with Crippen LogP contribution in [-0.4, -0.2) is 13.7 Å². The fraction of sp³-hybridized carbons (Fsp3) is 0.562. The van der Waals surface area contributed by atoms with Crippen LogP contribution in [0.2, 0.25) is 0 Å². The van der Waals surface area contributed by atoms with Crippen LogP contribution in [0.25, 0.3) is 0 Å². The first kappa shape index (κ1) is 17.0. The summed E-state index contributed by atoms with van der Waals surface area (Å²) < 4.78 is 6.21. The molecule has 0 saturated heterocycles. The Morgan fingerprint density at radius 1 is 1.45 bits per heavy atom. The Hall–Kier alpha value is -1.05. The van der Waals surface area contributed by atoms with Gasteiger partial charge in [-0.05, 0) is 52.4 Å². The zero-order chi connectivity index (χ0) is 15.2. The quantitative estimate of drug-likeness (QED) is 0.799. The summed E-state index contributed by atoms with van der Waals surface area (Å²) >= 11 is 3.51. The van der Waals surface area contributed by atoms with Crippen molar-refractivity contribution in [2.45, 2.75) is 39.7 Å². The van der Waals surface area contributed by atoms with Crippen molar-refractivity contribution in [3.05, 3.63) is 28.2 Å². The van der Waals surface area contributed by atoms with Crippen LogP contribution in [0.4, 0.5) is 0 Å². The third-order valence-corrected chi connectivity index (χ3v) is 4.10. The minimum atomic E-state index is 0.133. The van der Waals surface area contributed by atoms with Gasteiger partial charge in [-0.1, -0.05) is 19.9 Å². The Morgan fingerprint density at radius 2 is 2.15 bits per heavy atom. The third kappa shape index (κ3) is 5.15. The van der Waals surface area contributed by atoms with Crippen molar-refractivity contribution >= 4 is 15.9 Å². The van der Waals surface area contributed by atoms with E-state index in [1.54, 1.807) is 7.11 Å². The molecule has 0 fully saturated rings. The molecule has 0 bridgehead atoms. The van der Waals surface area contributed by atoms with Gasteiger partial charge in [-0.25, -0.2) is 0 Å². The van der Waals surface area contributed by atoms with Gasteiger partial charge in [0.15, 0.2) is 0 Å². The summed E-state index contributed by atoms with van der Waals surface area (Å²) in [5, 5.41) is 12.2. The summed E-state index contributed by atoms with van der Waals surface area (Å²) in [4.78, 5) is 0. The van der Waals surface area contributed by atoms with Crippen LogP contribution in [-0.2, 0) is 0 Å². The first-order valence-corrected chi connectivity index (χ1v) is 7.62. The lowest BCUT2D eigenvalue weighted by atomic mass is 9.87. The van der Waals surface area contributed by atoms with E-state index in [0.717, 1.165) is 23.2 Å². The molecule has 0 saturated carbocycles. The number of nitriles is 1. The molecular formula is C16H23BrN2O. The third-order valence-electron chi connectivity index (χ3n) is 3.48. The standard InChI is InChI=1S/C16H23BrN2O/c1-12(19-11-16(2,3)8-5-9-18)13-6-7-15(20-4)14(17)10-13/h6-7,10,12,19H,5,8,11H2,1-4H3. The van der Waals surface area contributed by atoms with E-state index in [1.165, 1.54) is 5.56 Å². The molecule has 1 unspecified atom stereocenters. The van der Waals surface area contributed by atoms with E-state index in [0.29, 0.717) is 6.42 Å². The number of nitrogens with one attached hydrogen (secondary N) is 1. The lowest BCUT2D eigenvalue weighted by molar-refractivity contribution is 0.304. The monoisotopic (exact) mass is 338 g/mol. The first-order chi connectivity index (χ1) is 9.39. The van der Waals surface area contributed by atoms with Crippen molar-refractivity contribution in [3.63, 3.8) is 0 Å². The second-order valence-corrected chi connectivity index (χ2v) is 6.67. The highest BCUT2D eigenvalue weighted by Crippen LogP contribution is 2.28. The Balaban J connectivity index is 2.61. The van der Waals surface area contributed by atoms with Crippen LogP contribution < -0.4 is 10.1 Å². The molecule has 1 rings (SSSR count). The van der Waals surface area contributed by atoms with Crippen molar-refractivity contribution in [1.82, 2.24) is 5.32 Å². The van der Waals surface area contributed by atoms with Crippen molar-refractivity contribution in [2.24, 2.45) is 5.41 Å². The van der Waals surface area contributed by atoms with Crippen LogP contribution >= 0.6 is 15.9 Å². The fourth-order valence-corrected chi connectivity index (χ4v) is 2.54. The SMILES string of the molecule is COc1ccc(C(C)NCC(C)(C)CCC#N)cc1Br. The van der Waals surface area contributed by atoms with Crippen LogP contribution in [0.1, 0.15) is 45.2 Å². The predicted octanol–water partition coefficient (Wildman–Crippen LogP) is 4.44. The van der Waals surface area contributed by atoms with Gasteiger partial charge >= 0.3 is 0 Å². The van der Waals surface area contributed by atoms with Crippen molar-refractivity contribution in [2.75, 3.05) is 13.7 Å². The van der Waals surface area contributed by atoms with Crippen molar-refractivity contribution in [3.8, 4) is 11.8 Å². The second-order valence-electron chi connectivity index (χ2n) is 5.82. The van der Waals surface area contributed by atoms with E-state index >= 15 is 0 Å². The number of benzene rings is 1. The van der Waals surface area contributed by atoms with Gasteiger partial charge in [0.2, 0.25) is 0 Å². The minimum Gasteiger partial charge on any atom is -0.496 e. The van der Waals surface area contributed by atoms with Gasteiger partial charge in [-0.15, -0.1) is 0 Å². The molecule has 1 N–H and O–H groups in total. The summed E-state index contributed by atoms with van der Waals surface area (Å²) in [5.41, 5.74) is 1.35. The first-order valence-electron chi connectivity index (χ1n) is 6.83. The summed E-state index contributed by atoms with van der Waals surface area (Å²) in [5.74, 6) is 0.843. The highest BCUT2D eigenvalue weighted by Gasteiger charge is 2.18. The maximum atomic E-state index is 8.68. The second kappa shape index (κ2) is 7.66. The van der Waals surface area contributed by atoms with E-state index < -0.39 is 0 Å². The molecule has 20 heavy (non-hydrogen) atoms. The van der Waals surface area contributed by atoms with Gasteiger partial charge in [0.05, 0.1) is 17.7 Å². The van der Waals surface area contributed by atoms with E-state index in [2.05, 4.69) is 60.2 Å². The molecule has 4 heteroatoms. The van der Waals surface area contributed by atoms with Gasteiger partial charge < -0.3 is 10.1 Å². The van der Waals surface area contributed by atoms with Crippen LogP contribution in [0.5, 0.6) is 5.75 Å². The average Bonchev–Trinajstić information content (AvgIpc) is 2.42. The Morgan fingerprint density at radius 3 is 2.70 bits per heavy atom. The zero-order valence-electron chi connectivity index (χ0n) is 12.7. The number of rotatable bonds is 7. The number of hydrogen-bond donors (Lipinski definition) is 1. The van der Waals surface area contributed by atoms with E-state index in [4.69, 9.17) is 10.00 Å². The fourth-order valence-electron chi connectivity index (χ4n) is 1.98. The summed E-state index contributed by atoms with van der Waals surface area (Å²) in [6.45, 7) is 7.41. The normalized spacial score (nSPS) is 12.8. The number of methoxy groups -OCH3 is 1. The van der Waals surface area contributed by atoms with Gasteiger partial charge in [-0.2, -0.15) is 5.26 Å². The number of nitrogens with zero attached hydrogens (tertiary/aromatic N) is 1. The molecule has 0 aliphatic rings. The molecule has 1 atom stereocenters. The van der Waals surface area contributed by atoms with Crippen LogP contribution in [0, 0.1) is 16.7 Å². The number of ether oxygens (including phenoxy) is 1. The predicted molar refractivity (Wildman–Crippen MR) is 85.7 cm³/mol. The van der Waals surface area contributed by atoms with Crippen LogP contribution in [0.3, 0.4) is 0 Å². The molecule has 0 radical (unpaired) electrons. The lowest BCUT2D eigenvalue weighted by Crippen LogP contribution is -2.31. The lowest BCUT2D eigenvalue weighted by Gasteiger charge is -2.26. The largest absolute Gasteiger partial charge is 0.496 e. The molecule has 0 heterocycles. The van der Waals surface area contributed by atoms with Crippen molar-refractivity contribution in [1.29, 1.82) is 5.26 Å². The van der Waals surface area contributed by atoms with Gasteiger partial charge in [-0.3, -0.25) is 0 Å². The van der Waals surface area contributed by atoms with Crippen molar-refractivity contribution < 1.29 is 4.74 Å². The molecule has 0 spiro atoms. The van der Waals surface area contributed by atoms with Gasteiger partial charge in [0, 0.05) is 19.0 Å². The number of hydrogen-bond acceptors (Lipinski definition) is 3. The highest BCUT2D eigenvalue weighted by molar-refractivity contribution is 9.10. The molecule has 1 aromatic rings. The molecule has 0 aromatic heterocycles. The zero-order valence-corrected chi connectivity index (χ0v) is 14.3. The Labute approximate surface area is 130 Å². The molecule has 0 amide bonds. The van der Waals surface area contributed by atoms with Gasteiger partial charge in [0.1, 0.15) is 5.75 Å². The minimum absolute atomic E-state index is 0.133. The van der Waals surface area contributed by atoms with E-state index in [9.17, 15) is 0 Å². The molecule has 0 aliphatic heterocycles. The molecule has 3 nitrogen and oxygen atoms in total.